The van der Waals surface area contributed by atoms with Crippen LogP contribution in [-0.4, -0.2) is 33.1 Å². The number of aromatic nitrogens is 2. The number of ether oxygens (including phenoxy) is 1. The number of methoxy groups -OCH3 is 1. The van der Waals surface area contributed by atoms with E-state index < -0.39 is 0 Å². The van der Waals surface area contributed by atoms with Crippen LogP contribution in [0.3, 0.4) is 0 Å². The topological polar surface area (TPSA) is 73.2 Å². The van der Waals surface area contributed by atoms with Gasteiger partial charge >= 0.3 is 0 Å². The number of anilines is 1. The second-order valence-corrected chi connectivity index (χ2v) is 12.6. The Morgan fingerprint density at radius 2 is 1.91 bits per heavy atom. The minimum Gasteiger partial charge on any atom is -0.497 e. The Bertz CT molecular complexity index is 1440. The fourth-order valence-corrected chi connectivity index (χ4v) is 7.27. The predicted molar refractivity (Wildman–Crippen MR) is 147 cm³/mol. The highest BCUT2D eigenvalue weighted by Crippen LogP contribution is 2.44. The number of amides is 1. The minimum absolute atomic E-state index is 0.0699. The number of carbonyl (C=O) groups excluding carboxylic acids is 1. The van der Waals surface area contributed by atoms with Crippen molar-refractivity contribution in [1.82, 2.24) is 9.55 Å². The van der Waals surface area contributed by atoms with Crippen LogP contribution in [0, 0.1) is 0 Å². The molecule has 0 radical (unpaired) electrons. The summed E-state index contributed by atoms with van der Waals surface area (Å²) in [6.45, 7) is 4.44. The third-order valence-corrected chi connectivity index (χ3v) is 9.40. The number of thioether (sulfide) groups is 2. The number of hydrogen-bond donors (Lipinski definition) is 1. The van der Waals surface area contributed by atoms with Gasteiger partial charge in [-0.3, -0.25) is 14.2 Å². The van der Waals surface area contributed by atoms with E-state index in [1.807, 2.05) is 42.1 Å². The van der Waals surface area contributed by atoms with Crippen molar-refractivity contribution in [3.05, 3.63) is 75.4 Å². The number of para-hydroxylation sites is 1. The molecule has 0 saturated carbocycles. The smallest absolute Gasteiger partial charge is 0.267 e. The summed E-state index contributed by atoms with van der Waals surface area (Å²) < 4.78 is 6.89. The van der Waals surface area contributed by atoms with E-state index in [2.05, 4.69) is 19.2 Å². The second kappa shape index (κ2) is 9.72. The van der Waals surface area contributed by atoms with Gasteiger partial charge in [0.15, 0.2) is 5.16 Å². The molecular formula is C26H25N3O3S3. The molecule has 35 heavy (non-hydrogen) atoms. The van der Waals surface area contributed by atoms with Crippen molar-refractivity contribution >= 4 is 56.7 Å². The molecule has 5 rings (SSSR count). The number of thiophene rings is 1. The van der Waals surface area contributed by atoms with Crippen LogP contribution in [0.4, 0.5) is 5.69 Å². The normalized spacial score (nSPS) is 14.5. The first-order valence-electron chi connectivity index (χ1n) is 11.2. The van der Waals surface area contributed by atoms with Gasteiger partial charge in [-0.25, -0.2) is 4.98 Å². The molecule has 9 heteroatoms. The molecule has 0 spiro atoms. The van der Waals surface area contributed by atoms with Crippen molar-refractivity contribution in [1.29, 1.82) is 0 Å². The molecule has 180 valence electrons. The molecule has 1 amide bonds. The zero-order chi connectivity index (χ0) is 24.6. The number of benzene rings is 2. The third-order valence-electron chi connectivity index (χ3n) is 5.79. The first-order valence-corrected chi connectivity index (χ1v) is 14.0. The number of nitrogens with one attached hydrogen (secondary N) is 1. The predicted octanol–water partition coefficient (Wildman–Crippen LogP) is 5.75. The second-order valence-electron chi connectivity index (χ2n) is 8.84. The number of nitrogens with zero attached hydrogens (tertiary/aromatic N) is 2. The molecule has 6 nitrogen and oxygen atoms in total. The Labute approximate surface area is 216 Å². The van der Waals surface area contributed by atoms with Crippen LogP contribution in [0.1, 0.15) is 24.3 Å². The van der Waals surface area contributed by atoms with Crippen LogP contribution in [-0.2, 0) is 17.0 Å². The number of carbonyl (C=O) groups is 1. The van der Waals surface area contributed by atoms with E-state index in [0.29, 0.717) is 16.2 Å². The number of hydrogen-bond acceptors (Lipinski definition) is 7. The summed E-state index contributed by atoms with van der Waals surface area (Å²) in [5, 5.41) is 4.13. The van der Waals surface area contributed by atoms with Crippen LogP contribution >= 0.6 is 34.9 Å². The van der Waals surface area contributed by atoms with E-state index in [1.165, 1.54) is 16.6 Å². The van der Waals surface area contributed by atoms with Crippen molar-refractivity contribution in [3.8, 4) is 11.4 Å². The molecule has 1 aliphatic heterocycles. The van der Waals surface area contributed by atoms with E-state index in [4.69, 9.17) is 9.72 Å². The molecule has 1 aliphatic rings. The molecule has 0 bridgehead atoms. The molecule has 0 fully saturated rings. The van der Waals surface area contributed by atoms with Crippen LogP contribution in [0.2, 0.25) is 0 Å². The summed E-state index contributed by atoms with van der Waals surface area (Å²) in [6.07, 6.45) is 0.843. The average molecular weight is 524 g/mol. The van der Waals surface area contributed by atoms with Crippen LogP contribution in [0.25, 0.3) is 15.9 Å². The summed E-state index contributed by atoms with van der Waals surface area (Å²) in [6, 6.07) is 16.7. The van der Waals surface area contributed by atoms with E-state index in [0.717, 1.165) is 34.0 Å². The lowest BCUT2D eigenvalue weighted by Crippen LogP contribution is -2.26. The van der Waals surface area contributed by atoms with Gasteiger partial charge in [-0.2, -0.15) is 0 Å². The standard InChI is InChI=1S/C26H25N3O3S3/c1-26(2)13-19-20(14-34-26)35-23-22(19)24(31)29(17-7-5-4-6-8-17)25(28-23)33-15-21(30)27-16-9-11-18(32-3)12-10-16/h4-12H,13-15H2,1-3H3,(H,27,30). The highest BCUT2D eigenvalue weighted by Gasteiger charge is 2.31. The minimum atomic E-state index is -0.169. The maximum Gasteiger partial charge on any atom is 0.267 e. The molecule has 0 unspecified atom stereocenters. The quantitative estimate of drug-likeness (QED) is 0.256. The first-order chi connectivity index (χ1) is 16.8. The molecular weight excluding hydrogens is 499 g/mol. The Kier molecular flexibility index (Phi) is 6.65. The largest absolute Gasteiger partial charge is 0.497 e. The third kappa shape index (κ3) is 4.98. The van der Waals surface area contributed by atoms with Crippen molar-refractivity contribution < 1.29 is 9.53 Å². The van der Waals surface area contributed by atoms with E-state index >= 15 is 0 Å². The Morgan fingerprint density at radius 1 is 1.17 bits per heavy atom. The van der Waals surface area contributed by atoms with Gasteiger partial charge in [0.05, 0.1) is 23.9 Å². The lowest BCUT2D eigenvalue weighted by molar-refractivity contribution is -0.113. The fraction of sp³-hybridized carbons (Fsp3) is 0.269. The van der Waals surface area contributed by atoms with Crippen molar-refractivity contribution in [2.45, 2.75) is 35.9 Å². The Hall–Kier alpha value is -2.75. The SMILES string of the molecule is COc1ccc(NC(=O)CSc2nc3sc4c(c3c(=O)n2-c2ccccc2)CC(C)(C)SC4)cc1. The van der Waals surface area contributed by atoms with Crippen molar-refractivity contribution in [3.63, 3.8) is 0 Å². The monoisotopic (exact) mass is 523 g/mol. The van der Waals surface area contributed by atoms with Crippen LogP contribution in [0.15, 0.2) is 64.5 Å². The summed E-state index contributed by atoms with van der Waals surface area (Å²) in [5.74, 6) is 1.58. The highest BCUT2D eigenvalue weighted by molar-refractivity contribution is 8.00. The first kappa shape index (κ1) is 24.0. The molecule has 3 heterocycles. The maximum absolute atomic E-state index is 13.9. The van der Waals surface area contributed by atoms with Gasteiger partial charge in [-0.05, 0) is 48.4 Å². The lowest BCUT2D eigenvalue weighted by Gasteiger charge is -2.28. The summed E-state index contributed by atoms with van der Waals surface area (Å²) in [4.78, 5) is 33.5. The van der Waals surface area contributed by atoms with Crippen molar-refractivity contribution in [2.24, 2.45) is 0 Å². The van der Waals surface area contributed by atoms with Gasteiger partial charge in [0.1, 0.15) is 10.6 Å². The van der Waals surface area contributed by atoms with Crippen LogP contribution < -0.4 is 15.6 Å². The molecule has 2 aromatic heterocycles. The molecule has 0 saturated heterocycles. The lowest BCUT2D eigenvalue weighted by atomic mass is 10.00. The van der Waals surface area contributed by atoms with Gasteiger partial charge in [-0.1, -0.05) is 43.8 Å². The Morgan fingerprint density at radius 3 is 2.63 bits per heavy atom. The summed E-state index contributed by atoms with van der Waals surface area (Å²) in [7, 11) is 1.60. The molecule has 2 aromatic carbocycles. The maximum atomic E-state index is 13.9. The van der Waals surface area contributed by atoms with Gasteiger partial charge in [0, 0.05) is 21.1 Å². The molecule has 4 aromatic rings. The summed E-state index contributed by atoms with van der Waals surface area (Å²) in [5.41, 5.74) is 2.49. The Balaban J connectivity index is 1.49. The van der Waals surface area contributed by atoms with E-state index in [-0.39, 0.29) is 22.0 Å². The van der Waals surface area contributed by atoms with E-state index in [9.17, 15) is 9.59 Å². The van der Waals surface area contributed by atoms with Crippen molar-refractivity contribution in [2.75, 3.05) is 18.2 Å². The average Bonchev–Trinajstić information content (AvgIpc) is 3.20. The zero-order valence-corrected chi connectivity index (χ0v) is 22.1. The molecule has 1 N–H and O–H groups in total. The molecule has 0 aliphatic carbocycles. The zero-order valence-electron chi connectivity index (χ0n) is 19.7. The fourth-order valence-electron chi connectivity index (χ4n) is 4.08. The van der Waals surface area contributed by atoms with Crippen LogP contribution in [0.5, 0.6) is 5.75 Å². The van der Waals surface area contributed by atoms with E-state index in [1.54, 1.807) is 47.3 Å². The van der Waals surface area contributed by atoms with Gasteiger partial charge in [0.25, 0.3) is 5.56 Å². The van der Waals surface area contributed by atoms with Gasteiger partial charge in [0.2, 0.25) is 5.91 Å². The van der Waals surface area contributed by atoms with Gasteiger partial charge < -0.3 is 10.1 Å². The summed E-state index contributed by atoms with van der Waals surface area (Å²) >= 11 is 4.78. The number of rotatable bonds is 6. The van der Waals surface area contributed by atoms with Gasteiger partial charge in [-0.15, -0.1) is 23.1 Å². The number of fused-ring (bicyclic) bond motifs is 3. The highest BCUT2D eigenvalue weighted by atomic mass is 32.2. The molecule has 0 atom stereocenters.